The number of imide groups is 1. The van der Waals surface area contributed by atoms with Crippen LogP contribution in [-0.2, 0) is 28.6 Å². The fourth-order valence-corrected chi connectivity index (χ4v) is 14.5. The first kappa shape index (κ1) is 45.8. The fourth-order valence-electron chi connectivity index (χ4n) is 14.5. The largest absolute Gasteiger partial charge is 0.459 e. The van der Waals surface area contributed by atoms with Crippen molar-refractivity contribution in [3.63, 3.8) is 0 Å². The summed E-state index contributed by atoms with van der Waals surface area (Å²) in [5, 5.41) is 35.3. The van der Waals surface area contributed by atoms with E-state index in [0.29, 0.717) is 51.4 Å². The van der Waals surface area contributed by atoms with Crippen LogP contribution in [0.25, 0.3) is 0 Å². The first-order valence-corrected chi connectivity index (χ1v) is 24.9. The van der Waals surface area contributed by atoms with Gasteiger partial charge in [0.25, 0.3) is 0 Å². The van der Waals surface area contributed by atoms with Gasteiger partial charge in [-0.1, -0.05) is 63.7 Å². The summed E-state index contributed by atoms with van der Waals surface area (Å²) in [5.41, 5.74) is -1.53. The van der Waals surface area contributed by atoms with Gasteiger partial charge in [0.05, 0.1) is 42.8 Å². The number of morpholine rings is 1. The summed E-state index contributed by atoms with van der Waals surface area (Å²) in [7, 11) is 1.52. The minimum atomic E-state index is -1.53. The number of hydrogen-bond donors (Lipinski definition) is 4. The van der Waals surface area contributed by atoms with E-state index >= 15 is 14.4 Å². The summed E-state index contributed by atoms with van der Waals surface area (Å²) in [4.78, 5) is 65.5. The number of nitrogens with one attached hydrogen (secondary N) is 1. The second kappa shape index (κ2) is 20.6. The number of carbonyl (C=O) groups excluding carboxylic acids is 4. The Balaban J connectivity index is 1.31. The van der Waals surface area contributed by atoms with Gasteiger partial charge in [0, 0.05) is 38.1 Å². The zero-order valence-electron chi connectivity index (χ0n) is 37.3. The van der Waals surface area contributed by atoms with Crippen LogP contribution in [0.1, 0.15) is 148 Å². The molecule has 5 aliphatic carbocycles. The third-order valence-electron chi connectivity index (χ3n) is 17.1. The molecule has 3 heterocycles. The number of amides is 3. The zero-order valence-corrected chi connectivity index (χ0v) is 37.3. The molecule has 0 bridgehead atoms. The van der Waals surface area contributed by atoms with E-state index in [4.69, 9.17) is 14.2 Å². The molecule has 5 saturated carbocycles. The molecule has 3 aliphatic heterocycles. The predicted molar refractivity (Wildman–Crippen MR) is 230 cm³/mol. The smallest absolute Gasteiger partial charge is 0.416 e. The number of nitrogens with zero attached hydrogens (tertiary/aromatic N) is 2. The Kier molecular flexibility index (Phi) is 15.2. The SMILES string of the molecule is COCCOC(=O)N1C(=O)[C@@]2(C3CC(C#CCCO)CCC31)[C@H](C1CCC(O)CC1)N1[C@H](C3CCCCC3)[C@H](C3CCCCC3)OC(=O)[C@H]1[C@@H]2C(=O)NC[C@H](O)C1CCCCC1. The number of aliphatic hydroxyl groups excluding tert-OH is 3. The van der Waals surface area contributed by atoms with Crippen molar-refractivity contribution in [1.29, 1.82) is 0 Å². The minimum absolute atomic E-state index is 0.00913. The molecule has 13 nitrogen and oxygen atoms in total. The highest BCUT2D eigenvalue weighted by Crippen LogP contribution is 2.66. The lowest BCUT2D eigenvalue weighted by molar-refractivity contribution is -0.190. The summed E-state index contributed by atoms with van der Waals surface area (Å²) in [6.07, 6.45) is 17.2. The molecule has 0 aromatic rings. The highest BCUT2D eigenvalue weighted by molar-refractivity contribution is 6.04. The van der Waals surface area contributed by atoms with Crippen molar-refractivity contribution < 1.29 is 48.7 Å². The summed E-state index contributed by atoms with van der Waals surface area (Å²) in [6.45, 7) is 0.0579. The van der Waals surface area contributed by atoms with E-state index in [9.17, 15) is 20.1 Å². The monoisotopic (exact) mass is 866 g/mol. The van der Waals surface area contributed by atoms with Crippen LogP contribution < -0.4 is 5.32 Å². The number of hydrogen-bond acceptors (Lipinski definition) is 11. The predicted octanol–water partition coefficient (Wildman–Crippen LogP) is 5.50. The topological polar surface area (TPSA) is 175 Å². The standard InChI is InChI=1S/C49H75N3O10/c1-60-27-28-61-48(59)51-38-25-20-31(13-11-12-26-53)29-37(38)49(47(51)58)40(45(56)50-30-39(55)32-14-5-2-6-15-32)42-46(57)62-43(34-18-9-4-10-19-34)41(33-16-7-3-8-17-33)52(42)44(49)35-21-23-36(54)24-22-35/h31-44,53-55H,2-10,12,14-30H2,1H3,(H,50,56)/t31?,35?,36?,37?,38?,39-,40+,41+,42+,43-,44-,49+/m0/s1. The normalized spacial score (nSPS) is 37.8. The average molecular weight is 866 g/mol. The molecule has 3 unspecified atom stereocenters. The van der Waals surface area contributed by atoms with Crippen LogP contribution >= 0.6 is 0 Å². The van der Waals surface area contributed by atoms with Crippen molar-refractivity contribution in [2.45, 2.75) is 190 Å². The number of cyclic esters (lactones) is 1. The lowest BCUT2D eigenvalue weighted by Gasteiger charge is -2.54. The van der Waals surface area contributed by atoms with Gasteiger partial charge in [-0.2, -0.15) is 0 Å². The number of ether oxygens (including phenoxy) is 3. The molecule has 8 fully saturated rings. The molecule has 0 aromatic heterocycles. The summed E-state index contributed by atoms with van der Waals surface area (Å²) >= 11 is 0. The quantitative estimate of drug-likeness (QED) is 0.117. The van der Waals surface area contributed by atoms with Crippen LogP contribution in [0.2, 0.25) is 0 Å². The molecule has 3 saturated heterocycles. The van der Waals surface area contributed by atoms with Crippen LogP contribution in [0.15, 0.2) is 0 Å². The molecule has 62 heavy (non-hydrogen) atoms. The van der Waals surface area contributed by atoms with Crippen LogP contribution in [0.3, 0.4) is 0 Å². The second-order valence-corrected chi connectivity index (χ2v) is 20.5. The maximum Gasteiger partial charge on any atom is 0.416 e. The van der Waals surface area contributed by atoms with Crippen molar-refractivity contribution in [1.82, 2.24) is 15.1 Å². The summed E-state index contributed by atoms with van der Waals surface area (Å²) < 4.78 is 17.9. The Morgan fingerprint density at radius 2 is 1.52 bits per heavy atom. The van der Waals surface area contributed by atoms with Crippen molar-refractivity contribution >= 4 is 23.9 Å². The van der Waals surface area contributed by atoms with Gasteiger partial charge in [0.2, 0.25) is 11.8 Å². The molecule has 4 N–H and O–H groups in total. The van der Waals surface area contributed by atoms with E-state index in [-0.39, 0.29) is 68.1 Å². The molecule has 8 rings (SSSR count). The number of methoxy groups -OCH3 is 1. The van der Waals surface area contributed by atoms with Crippen molar-refractivity contribution in [3.05, 3.63) is 0 Å². The Morgan fingerprint density at radius 3 is 2.18 bits per heavy atom. The highest BCUT2D eigenvalue weighted by atomic mass is 16.6. The maximum absolute atomic E-state index is 16.3. The number of carbonyl (C=O) groups is 4. The molecule has 13 heteroatoms. The van der Waals surface area contributed by atoms with Gasteiger partial charge in [-0.15, -0.1) is 5.92 Å². The molecule has 8 aliphatic rings. The van der Waals surface area contributed by atoms with E-state index in [0.717, 1.165) is 96.3 Å². The van der Waals surface area contributed by atoms with Crippen LogP contribution in [0, 0.1) is 58.7 Å². The number of likely N-dealkylation sites (tertiary alicyclic amines) is 1. The Morgan fingerprint density at radius 1 is 0.855 bits per heavy atom. The summed E-state index contributed by atoms with van der Waals surface area (Å²) in [5.74, 6) is 3.56. The Hall–Kier alpha value is -2.76. The van der Waals surface area contributed by atoms with Crippen LogP contribution in [-0.4, -0.2) is 125 Å². The molecular formula is C49H75N3O10. The van der Waals surface area contributed by atoms with E-state index in [2.05, 4.69) is 22.1 Å². The third kappa shape index (κ3) is 8.82. The highest BCUT2D eigenvalue weighted by Gasteiger charge is 2.79. The molecule has 1 spiro atoms. The first-order valence-electron chi connectivity index (χ1n) is 24.9. The van der Waals surface area contributed by atoms with E-state index < -0.39 is 71.5 Å². The summed E-state index contributed by atoms with van der Waals surface area (Å²) in [6, 6.07) is -2.46. The van der Waals surface area contributed by atoms with Gasteiger partial charge < -0.3 is 34.8 Å². The molecular weight excluding hydrogens is 791 g/mol. The van der Waals surface area contributed by atoms with E-state index in [1.54, 1.807) is 0 Å². The minimum Gasteiger partial charge on any atom is -0.459 e. The van der Waals surface area contributed by atoms with Gasteiger partial charge in [-0.05, 0) is 113 Å². The molecule has 0 aromatic carbocycles. The van der Waals surface area contributed by atoms with Gasteiger partial charge in [0.1, 0.15) is 18.8 Å². The molecule has 10 atom stereocenters. The van der Waals surface area contributed by atoms with Gasteiger partial charge in [0.15, 0.2) is 0 Å². The van der Waals surface area contributed by atoms with Gasteiger partial charge >= 0.3 is 12.1 Å². The van der Waals surface area contributed by atoms with Crippen LogP contribution in [0.4, 0.5) is 4.79 Å². The van der Waals surface area contributed by atoms with Gasteiger partial charge in [-0.25, -0.2) is 9.69 Å². The molecule has 346 valence electrons. The lowest BCUT2D eigenvalue weighted by atomic mass is 9.55. The Bertz CT molecular complexity index is 1620. The molecule has 3 amide bonds. The van der Waals surface area contributed by atoms with Crippen LogP contribution in [0.5, 0.6) is 0 Å². The number of aliphatic hydroxyl groups is 3. The lowest BCUT2D eigenvalue weighted by Crippen LogP contribution is -2.66. The third-order valence-corrected chi connectivity index (χ3v) is 17.1. The average Bonchev–Trinajstić information content (AvgIpc) is 3.75. The number of esters is 1. The van der Waals surface area contributed by atoms with Gasteiger partial charge in [-0.3, -0.25) is 19.3 Å². The second-order valence-electron chi connectivity index (χ2n) is 20.5. The van der Waals surface area contributed by atoms with Crippen molar-refractivity contribution in [2.75, 3.05) is 33.5 Å². The first-order chi connectivity index (χ1) is 30.2. The fraction of sp³-hybridized carbons (Fsp3) is 0.878. The van der Waals surface area contributed by atoms with E-state index in [1.807, 2.05) is 0 Å². The van der Waals surface area contributed by atoms with Crippen molar-refractivity contribution in [3.8, 4) is 11.8 Å². The Labute approximate surface area is 369 Å². The maximum atomic E-state index is 16.3. The van der Waals surface area contributed by atoms with Crippen molar-refractivity contribution in [2.24, 2.45) is 46.8 Å². The van der Waals surface area contributed by atoms with E-state index in [1.165, 1.54) is 12.0 Å². The zero-order chi connectivity index (χ0) is 43.4. The molecule has 0 radical (unpaired) electrons. The number of fused-ring (bicyclic) bond motifs is 3. The number of rotatable bonds is 11.